The van der Waals surface area contributed by atoms with E-state index >= 15 is 0 Å². The number of amides is 1. The van der Waals surface area contributed by atoms with E-state index in [1.807, 2.05) is 6.92 Å². The van der Waals surface area contributed by atoms with Crippen molar-refractivity contribution >= 4 is 5.91 Å². The van der Waals surface area contributed by atoms with Gasteiger partial charge in [0.05, 0.1) is 5.54 Å². The zero-order valence-electron chi connectivity index (χ0n) is 8.88. The molecule has 0 aliphatic heterocycles. The summed E-state index contributed by atoms with van der Waals surface area (Å²) in [6.07, 6.45) is 6.09. The highest BCUT2D eigenvalue weighted by molar-refractivity contribution is 5.84. The minimum absolute atomic E-state index is 0.190. The van der Waals surface area contributed by atoms with Crippen molar-refractivity contribution in [3.63, 3.8) is 0 Å². The molecule has 80 valence electrons. The Morgan fingerprint density at radius 2 is 1.93 bits per heavy atom. The Hall–Kier alpha value is -0.570. The number of hydrogen-bond acceptors (Lipinski definition) is 2. The lowest BCUT2D eigenvalue weighted by molar-refractivity contribution is -0.124. The highest BCUT2D eigenvalue weighted by atomic mass is 16.1. The first-order valence-corrected chi connectivity index (χ1v) is 5.65. The van der Waals surface area contributed by atoms with Gasteiger partial charge < -0.3 is 11.1 Å². The van der Waals surface area contributed by atoms with Crippen LogP contribution in [0.4, 0.5) is 0 Å². The molecule has 0 aromatic carbocycles. The van der Waals surface area contributed by atoms with Crippen LogP contribution >= 0.6 is 0 Å². The van der Waals surface area contributed by atoms with Gasteiger partial charge in [-0.2, -0.15) is 0 Å². The van der Waals surface area contributed by atoms with Gasteiger partial charge >= 0.3 is 0 Å². The van der Waals surface area contributed by atoms with Crippen molar-refractivity contribution in [2.24, 2.45) is 17.6 Å². The molecule has 2 rings (SSSR count). The number of carbonyl (C=O) groups excluding carboxylic acids is 1. The van der Waals surface area contributed by atoms with E-state index in [0.29, 0.717) is 0 Å². The molecule has 0 saturated heterocycles. The lowest BCUT2D eigenvalue weighted by Crippen LogP contribution is -2.54. The number of hydrogen-bond donors (Lipinski definition) is 2. The zero-order valence-corrected chi connectivity index (χ0v) is 8.88. The van der Waals surface area contributed by atoms with Crippen molar-refractivity contribution in [2.75, 3.05) is 6.54 Å². The van der Waals surface area contributed by atoms with Crippen molar-refractivity contribution in [3.05, 3.63) is 0 Å². The summed E-state index contributed by atoms with van der Waals surface area (Å²) < 4.78 is 0. The van der Waals surface area contributed by atoms with Crippen LogP contribution in [0.3, 0.4) is 0 Å². The fourth-order valence-electron chi connectivity index (χ4n) is 1.85. The number of primary amides is 1. The van der Waals surface area contributed by atoms with Crippen LogP contribution in [0.2, 0.25) is 0 Å². The third-order valence-electron chi connectivity index (χ3n) is 3.42. The Kier molecular flexibility index (Phi) is 2.52. The number of carbonyl (C=O) groups is 1. The summed E-state index contributed by atoms with van der Waals surface area (Å²) in [5, 5.41) is 3.35. The van der Waals surface area contributed by atoms with E-state index in [1.54, 1.807) is 0 Å². The Bertz CT molecular complexity index is 233. The van der Waals surface area contributed by atoms with Gasteiger partial charge in [0.15, 0.2) is 0 Å². The predicted molar refractivity (Wildman–Crippen MR) is 55.7 cm³/mol. The van der Waals surface area contributed by atoms with Crippen LogP contribution in [0.25, 0.3) is 0 Å². The van der Waals surface area contributed by atoms with Gasteiger partial charge in [0.25, 0.3) is 0 Å². The van der Waals surface area contributed by atoms with Gasteiger partial charge in [-0.3, -0.25) is 4.79 Å². The number of rotatable bonds is 6. The smallest absolute Gasteiger partial charge is 0.237 e. The van der Waals surface area contributed by atoms with E-state index in [0.717, 1.165) is 24.8 Å². The first-order chi connectivity index (χ1) is 6.60. The van der Waals surface area contributed by atoms with Gasteiger partial charge in [-0.25, -0.2) is 0 Å². The van der Waals surface area contributed by atoms with E-state index in [1.165, 1.54) is 25.7 Å². The molecule has 3 nitrogen and oxygen atoms in total. The van der Waals surface area contributed by atoms with Gasteiger partial charge in [0, 0.05) is 0 Å². The van der Waals surface area contributed by atoms with Gasteiger partial charge in [0.1, 0.15) is 0 Å². The van der Waals surface area contributed by atoms with Crippen molar-refractivity contribution in [1.82, 2.24) is 5.32 Å². The van der Waals surface area contributed by atoms with Crippen LogP contribution in [-0.2, 0) is 4.79 Å². The summed E-state index contributed by atoms with van der Waals surface area (Å²) in [5.41, 5.74) is 5.00. The molecule has 3 N–H and O–H groups in total. The van der Waals surface area contributed by atoms with Gasteiger partial charge in [0.2, 0.25) is 5.91 Å². The molecule has 3 heteroatoms. The van der Waals surface area contributed by atoms with Crippen molar-refractivity contribution in [1.29, 1.82) is 0 Å². The normalized spacial score (nSPS) is 25.8. The van der Waals surface area contributed by atoms with Crippen LogP contribution in [0.1, 0.15) is 39.0 Å². The zero-order chi connectivity index (χ0) is 10.2. The minimum Gasteiger partial charge on any atom is -0.368 e. The average molecular weight is 196 g/mol. The molecular weight excluding hydrogens is 176 g/mol. The lowest BCUT2D eigenvalue weighted by atomic mass is 9.93. The molecule has 1 amide bonds. The Morgan fingerprint density at radius 1 is 1.36 bits per heavy atom. The molecule has 0 aromatic rings. The average Bonchev–Trinajstić information content (AvgIpc) is 2.96. The Labute approximate surface area is 85.4 Å². The maximum atomic E-state index is 11.4. The van der Waals surface area contributed by atoms with E-state index in [2.05, 4.69) is 5.32 Å². The van der Waals surface area contributed by atoms with Crippen molar-refractivity contribution in [2.45, 2.75) is 44.6 Å². The van der Waals surface area contributed by atoms with Crippen LogP contribution in [0, 0.1) is 11.8 Å². The Morgan fingerprint density at radius 3 is 2.36 bits per heavy atom. The highest BCUT2D eigenvalue weighted by Gasteiger charge is 2.38. The van der Waals surface area contributed by atoms with Crippen molar-refractivity contribution < 1.29 is 4.79 Å². The standard InChI is InChI=1S/C11H20N2O/c1-11(10(12)14,6-8-2-3-8)13-7-9-4-5-9/h8-9,13H,2-7H2,1H3,(H2,12,14). The van der Waals surface area contributed by atoms with Crippen LogP contribution < -0.4 is 11.1 Å². The fraction of sp³-hybridized carbons (Fsp3) is 0.909. The van der Waals surface area contributed by atoms with E-state index < -0.39 is 5.54 Å². The maximum absolute atomic E-state index is 11.4. The summed E-state index contributed by atoms with van der Waals surface area (Å²) in [6.45, 7) is 2.92. The molecule has 0 heterocycles. The van der Waals surface area contributed by atoms with Crippen LogP contribution in [-0.4, -0.2) is 18.0 Å². The molecule has 1 unspecified atom stereocenters. The molecule has 2 fully saturated rings. The molecule has 0 aromatic heterocycles. The summed E-state index contributed by atoms with van der Waals surface area (Å²) in [7, 11) is 0. The van der Waals surface area contributed by atoms with E-state index in [4.69, 9.17) is 5.73 Å². The first kappa shape index (κ1) is 9.97. The van der Waals surface area contributed by atoms with E-state index in [-0.39, 0.29) is 5.91 Å². The van der Waals surface area contributed by atoms with Crippen LogP contribution in [0.5, 0.6) is 0 Å². The molecular formula is C11H20N2O. The molecule has 0 spiro atoms. The fourth-order valence-corrected chi connectivity index (χ4v) is 1.85. The predicted octanol–water partition coefficient (Wildman–Crippen LogP) is 1.03. The molecule has 2 aliphatic carbocycles. The summed E-state index contributed by atoms with van der Waals surface area (Å²) in [6, 6.07) is 0. The number of nitrogens with two attached hydrogens (primary N) is 1. The largest absolute Gasteiger partial charge is 0.368 e. The van der Waals surface area contributed by atoms with Gasteiger partial charge in [-0.05, 0) is 44.6 Å². The second-order valence-electron chi connectivity index (χ2n) is 5.17. The molecule has 0 bridgehead atoms. The number of nitrogens with one attached hydrogen (secondary N) is 1. The second-order valence-corrected chi connectivity index (χ2v) is 5.17. The Balaban J connectivity index is 1.85. The molecule has 2 saturated carbocycles. The molecule has 1 atom stereocenters. The second kappa shape index (κ2) is 3.54. The molecule has 0 radical (unpaired) electrons. The van der Waals surface area contributed by atoms with Crippen molar-refractivity contribution in [3.8, 4) is 0 Å². The maximum Gasteiger partial charge on any atom is 0.237 e. The molecule has 14 heavy (non-hydrogen) atoms. The van der Waals surface area contributed by atoms with Crippen LogP contribution in [0.15, 0.2) is 0 Å². The quantitative estimate of drug-likeness (QED) is 0.666. The highest BCUT2D eigenvalue weighted by Crippen LogP contribution is 2.37. The third-order valence-corrected chi connectivity index (χ3v) is 3.42. The summed E-state index contributed by atoms with van der Waals surface area (Å²) in [4.78, 5) is 11.4. The third kappa shape index (κ3) is 2.47. The minimum atomic E-state index is -0.455. The van der Waals surface area contributed by atoms with E-state index in [9.17, 15) is 4.79 Å². The lowest BCUT2D eigenvalue weighted by Gasteiger charge is -2.27. The topological polar surface area (TPSA) is 55.1 Å². The summed E-state index contributed by atoms with van der Waals surface area (Å²) >= 11 is 0. The van der Waals surface area contributed by atoms with Gasteiger partial charge in [-0.1, -0.05) is 12.8 Å². The monoisotopic (exact) mass is 196 g/mol. The van der Waals surface area contributed by atoms with Gasteiger partial charge in [-0.15, -0.1) is 0 Å². The first-order valence-electron chi connectivity index (χ1n) is 5.65. The SMILES string of the molecule is CC(CC1CC1)(NCC1CC1)C(N)=O. The molecule has 2 aliphatic rings. The summed E-state index contributed by atoms with van der Waals surface area (Å²) in [5.74, 6) is 1.34.